The average Bonchev–Trinajstić information content (AvgIpc) is 3.58. The van der Waals surface area contributed by atoms with E-state index in [1.165, 1.54) is 0 Å². The first-order valence-corrected chi connectivity index (χ1v) is 10.4. The standard InChI is InChI=1S/C24H25N3O2/c28-22-20-15-25-13-5-10-21(20)26-23(27-22)24(11-12-24)18-8-4-9-19(14-18)29-16-17-6-2-1-3-7-17/h1-4,6-9,14,25H,5,10-13,15-16H2,(H,26,27,28). The predicted molar refractivity (Wildman–Crippen MR) is 112 cm³/mol. The first-order chi connectivity index (χ1) is 14.2. The van der Waals surface area contributed by atoms with Crippen LogP contribution in [-0.2, 0) is 25.0 Å². The van der Waals surface area contributed by atoms with Gasteiger partial charge in [-0.25, -0.2) is 4.98 Å². The van der Waals surface area contributed by atoms with E-state index in [-0.39, 0.29) is 11.0 Å². The summed E-state index contributed by atoms with van der Waals surface area (Å²) in [5.74, 6) is 1.65. The number of aryl methyl sites for hydroxylation is 1. The highest BCUT2D eigenvalue weighted by molar-refractivity contribution is 5.43. The largest absolute Gasteiger partial charge is 0.489 e. The van der Waals surface area contributed by atoms with Gasteiger partial charge in [-0.05, 0) is 55.5 Å². The molecule has 2 N–H and O–H groups in total. The number of rotatable bonds is 5. The van der Waals surface area contributed by atoms with Crippen molar-refractivity contribution in [2.75, 3.05) is 6.54 Å². The van der Waals surface area contributed by atoms with Crippen molar-refractivity contribution in [3.05, 3.63) is 93.2 Å². The molecule has 0 saturated heterocycles. The fourth-order valence-electron chi connectivity index (χ4n) is 4.17. The maximum Gasteiger partial charge on any atom is 0.255 e. The maximum atomic E-state index is 12.7. The van der Waals surface area contributed by atoms with Crippen molar-refractivity contribution in [3.63, 3.8) is 0 Å². The Bertz CT molecular complexity index is 1070. The van der Waals surface area contributed by atoms with Gasteiger partial charge in [0.1, 0.15) is 18.2 Å². The lowest BCUT2D eigenvalue weighted by atomic mass is 9.94. The van der Waals surface area contributed by atoms with Crippen LogP contribution in [0.2, 0.25) is 0 Å². The average molecular weight is 387 g/mol. The highest BCUT2D eigenvalue weighted by Crippen LogP contribution is 2.52. The molecular formula is C24H25N3O2. The number of hydrogen-bond acceptors (Lipinski definition) is 4. The van der Waals surface area contributed by atoms with Crippen molar-refractivity contribution >= 4 is 0 Å². The number of fused-ring (bicyclic) bond motifs is 1. The molecule has 0 atom stereocenters. The first kappa shape index (κ1) is 18.1. The van der Waals surface area contributed by atoms with Crippen molar-refractivity contribution in [3.8, 4) is 5.75 Å². The van der Waals surface area contributed by atoms with Crippen LogP contribution in [0.4, 0.5) is 0 Å². The van der Waals surface area contributed by atoms with Crippen LogP contribution in [0.25, 0.3) is 0 Å². The summed E-state index contributed by atoms with van der Waals surface area (Å²) in [5.41, 5.74) is 3.86. The highest BCUT2D eigenvalue weighted by Gasteiger charge is 2.48. The maximum absolute atomic E-state index is 12.7. The van der Waals surface area contributed by atoms with E-state index in [9.17, 15) is 4.79 Å². The molecule has 5 heteroatoms. The third kappa shape index (κ3) is 3.58. The quantitative estimate of drug-likeness (QED) is 0.704. The molecule has 2 aromatic carbocycles. The Morgan fingerprint density at radius 3 is 2.76 bits per heavy atom. The van der Waals surface area contributed by atoms with E-state index in [4.69, 9.17) is 9.72 Å². The summed E-state index contributed by atoms with van der Waals surface area (Å²) in [4.78, 5) is 20.7. The number of aromatic amines is 1. The van der Waals surface area contributed by atoms with Crippen molar-refractivity contribution in [2.45, 2.75) is 44.2 Å². The molecule has 29 heavy (non-hydrogen) atoms. The van der Waals surface area contributed by atoms with E-state index in [2.05, 4.69) is 34.6 Å². The van der Waals surface area contributed by atoms with Gasteiger partial charge in [0.25, 0.3) is 5.56 Å². The summed E-state index contributed by atoms with van der Waals surface area (Å²) < 4.78 is 6.02. The van der Waals surface area contributed by atoms with Crippen LogP contribution in [0.15, 0.2) is 59.4 Å². The summed E-state index contributed by atoms with van der Waals surface area (Å²) in [7, 11) is 0. The SMILES string of the molecule is O=c1[nH]c(C2(c3cccc(OCc4ccccc4)c3)CC2)nc2c1CNCCC2. The van der Waals surface area contributed by atoms with Gasteiger partial charge >= 0.3 is 0 Å². The molecule has 0 bridgehead atoms. The third-order valence-electron chi connectivity index (χ3n) is 6.01. The zero-order valence-electron chi connectivity index (χ0n) is 16.4. The summed E-state index contributed by atoms with van der Waals surface area (Å²) >= 11 is 0. The predicted octanol–water partition coefficient (Wildman–Crippen LogP) is 3.46. The number of benzene rings is 2. The molecule has 1 aromatic heterocycles. The molecule has 0 amide bonds. The second-order valence-corrected chi connectivity index (χ2v) is 8.00. The molecule has 2 aliphatic rings. The Hall–Kier alpha value is -2.92. The van der Waals surface area contributed by atoms with Gasteiger partial charge in [-0.1, -0.05) is 42.5 Å². The van der Waals surface area contributed by atoms with E-state index >= 15 is 0 Å². The van der Waals surface area contributed by atoms with Gasteiger partial charge in [0.15, 0.2) is 0 Å². The molecular weight excluding hydrogens is 362 g/mol. The molecule has 1 aliphatic heterocycles. The minimum absolute atomic E-state index is 0.00200. The van der Waals surface area contributed by atoms with E-state index in [1.54, 1.807) is 0 Å². The molecule has 1 aliphatic carbocycles. The molecule has 0 spiro atoms. The lowest BCUT2D eigenvalue weighted by Gasteiger charge is -2.18. The van der Waals surface area contributed by atoms with Gasteiger partial charge in [0.2, 0.25) is 0 Å². The van der Waals surface area contributed by atoms with Crippen LogP contribution in [0.3, 0.4) is 0 Å². The van der Waals surface area contributed by atoms with Crippen molar-refractivity contribution in [1.82, 2.24) is 15.3 Å². The van der Waals surface area contributed by atoms with E-state index in [1.807, 2.05) is 30.3 Å². The molecule has 0 unspecified atom stereocenters. The number of nitrogens with zero attached hydrogens (tertiary/aromatic N) is 1. The summed E-state index contributed by atoms with van der Waals surface area (Å²) in [6, 6.07) is 18.4. The Morgan fingerprint density at radius 2 is 1.93 bits per heavy atom. The molecule has 5 rings (SSSR count). The minimum atomic E-state index is -0.194. The fourth-order valence-corrected chi connectivity index (χ4v) is 4.17. The van der Waals surface area contributed by atoms with Crippen LogP contribution >= 0.6 is 0 Å². The Morgan fingerprint density at radius 1 is 1.07 bits per heavy atom. The Balaban J connectivity index is 1.43. The lowest BCUT2D eigenvalue weighted by molar-refractivity contribution is 0.305. The van der Waals surface area contributed by atoms with Crippen molar-refractivity contribution in [1.29, 1.82) is 0 Å². The zero-order chi connectivity index (χ0) is 19.7. The normalized spacial score (nSPS) is 17.2. The Labute approximate surface area is 170 Å². The van der Waals surface area contributed by atoms with Crippen LogP contribution in [-0.4, -0.2) is 16.5 Å². The summed E-state index contributed by atoms with van der Waals surface area (Å²) in [6.07, 6.45) is 3.86. The van der Waals surface area contributed by atoms with E-state index in [0.717, 1.165) is 66.2 Å². The highest BCUT2D eigenvalue weighted by atomic mass is 16.5. The van der Waals surface area contributed by atoms with Crippen molar-refractivity contribution < 1.29 is 4.74 Å². The molecule has 148 valence electrons. The van der Waals surface area contributed by atoms with Gasteiger partial charge in [0.05, 0.1) is 16.7 Å². The number of nitrogens with one attached hydrogen (secondary N) is 2. The smallest absolute Gasteiger partial charge is 0.255 e. The van der Waals surface area contributed by atoms with Crippen LogP contribution in [0.5, 0.6) is 5.75 Å². The molecule has 1 saturated carbocycles. The first-order valence-electron chi connectivity index (χ1n) is 10.4. The van der Waals surface area contributed by atoms with Gasteiger partial charge < -0.3 is 15.0 Å². The van der Waals surface area contributed by atoms with Gasteiger partial charge in [-0.3, -0.25) is 4.79 Å². The monoisotopic (exact) mass is 387 g/mol. The van der Waals surface area contributed by atoms with Gasteiger partial charge in [-0.15, -0.1) is 0 Å². The second-order valence-electron chi connectivity index (χ2n) is 8.00. The minimum Gasteiger partial charge on any atom is -0.489 e. The molecule has 3 aromatic rings. The zero-order valence-corrected chi connectivity index (χ0v) is 16.4. The molecule has 1 fully saturated rings. The fraction of sp³-hybridized carbons (Fsp3) is 0.333. The van der Waals surface area contributed by atoms with Crippen LogP contribution in [0, 0.1) is 0 Å². The third-order valence-corrected chi connectivity index (χ3v) is 6.01. The molecule has 0 radical (unpaired) electrons. The number of hydrogen-bond donors (Lipinski definition) is 2. The topological polar surface area (TPSA) is 67.0 Å². The second kappa shape index (κ2) is 7.48. The Kier molecular flexibility index (Phi) is 4.68. The number of H-pyrrole nitrogens is 1. The number of aromatic nitrogens is 2. The van der Waals surface area contributed by atoms with E-state index < -0.39 is 0 Å². The number of ether oxygens (including phenoxy) is 1. The van der Waals surface area contributed by atoms with Gasteiger partial charge in [-0.2, -0.15) is 0 Å². The summed E-state index contributed by atoms with van der Waals surface area (Å²) in [6.45, 7) is 2.07. The molecule has 5 nitrogen and oxygen atoms in total. The summed E-state index contributed by atoms with van der Waals surface area (Å²) in [5, 5.41) is 3.31. The van der Waals surface area contributed by atoms with E-state index in [0.29, 0.717) is 13.2 Å². The lowest BCUT2D eigenvalue weighted by Crippen LogP contribution is -2.26. The van der Waals surface area contributed by atoms with Crippen LogP contribution < -0.4 is 15.6 Å². The van der Waals surface area contributed by atoms with Crippen LogP contribution in [0.1, 0.15) is 47.5 Å². The van der Waals surface area contributed by atoms with Crippen molar-refractivity contribution in [2.24, 2.45) is 0 Å². The molecule has 2 heterocycles. The van der Waals surface area contributed by atoms with Gasteiger partial charge in [0, 0.05) is 6.54 Å².